The molecule has 2 N–H and O–H groups in total. The van der Waals surface area contributed by atoms with Gasteiger partial charge in [0.1, 0.15) is 10.7 Å². The van der Waals surface area contributed by atoms with E-state index in [1.54, 1.807) is 6.20 Å². The number of nitrogens with zero attached hydrogens (tertiary/aromatic N) is 2. The average Bonchev–Trinajstić information content (AvgIpc) is 2.77. The molecule has 0 aliphatic carbocycles. The van der Waals surface area contributed by atoms with E-state index in [4.69, 9.17) is 18.0 Å². The lowest BCUT2D eigenvalue weighted by molar-refractivity contribution is 0.226. The summed E-state index contributed by atoms with van der Waals surface area (Å²) in [4.78, 5) is 7.17. The van der Waals surface area contributed by atoms with Gasteiger partial charge in [0.25, 0.3) is 0 Å². The van der Waals surface area contributed by atoms with Crippen LogP contribution in [0.1, 0.15) is 38.4 Å². The lowest BCUT2D eigenvalue weighted by atomic mass is 9.80. The van der Waals surface area contributed by atoms with E-state index in [1.165, 1.54) is 6.42 Å². The molecule has 1 fully saturated rings. The maximum atomic E-state index is 5.74. The molecule has 0 aromatic carbocycles. The first-order valence-electron chi connectivity index (χ1n) is 6.84. The van der Waals surface area contributed by atoms with Crippen LogP contribution in [-0.2, 0) is 6.54 Å². The summed E-state index contributed by atoms with van der Waals surface area (Å²) in [6, 6.07) is 4.03. The molecule has 1 aromatic heterocycles. The highest BCUT2D eigenvalue weighted by Gasteiger charge is 2.31. The molecule has 0 amide bonds. The van der Waals surface area contributed by atoms with Crippen LogP contribution in [0, 0.1) is 11.3 Å². The molecule has 2 rings (SSSR count). The van der Waals surface area contributed by atoms with Crippen molar-refractivity contribution in [2.75, 3.05) is 13.1 Å². The molecule has 1 atom stereocenters. The van der Waals surface area contributed by atoms with Crippen LogP contribution in [0.5, 0.6) is 0 Å². The summed E-state index contributed by atoms with van der Waals surface area (Å²) >= 11 is 5.07. The maximum Gasteiger partial charge on any atom is 0.123 e. The summed E-state index contributed by atoms with van der Waals surface area (Å²) in [6.07, 6.45) is 3.02. The van der Waals surface area contributed by atoms with Crippen LogP contribution in [0.4, 0.5) is 0 Å². The summed E-state index contributed by atoms with van der Waals surface area (Å²) in [5.41, 5.74) is 8.04. The molecule has 1 aromatic rings. The molecule has 0 bridgehead atoms. The first-order valence-corrected chi connectivity index (χ1v) is 7.25. The number of hydrogen-bond acceptors (Lipinski definition) is 3. The van der Waals surface area contributed by atoms with Crippen molar-refractivity contribution in [3.63, 3.8) is 0 Å². The molecule has 19 heavy (non-hydrogen) atoms. The maximum absolute atomic E-state index is 5.74. The molecule has 4 heteroatoms. The van der Waals surface area contributed by atoms with Gasteiger partial charge in [0, 0.05) is 19.3 Å². The Balaban J connectivity index is 2.06. The van der Waals surface area contributed by atoms with Gasteiger partial charge in [0.15, 0.2) is 0 Å². The number of rotatable bonds is 3. The molecule has 0 saturated carbocycles. The number of pyridine rings is 1. The lowest BCUT2D eigenvalue weighted by Crippen LogP contribution is -2.27. The van der Waals surface area contributed by atoms with Gasteiger partial charge in [0.2, 0.25) is 0 Å². The summed E-state index contributed by atoms with van der Waals surface area (Å²) in [5.74, 6) is 0.762. The fourth-order valence-corrected chi connectivity index (χ4v) is 2.90. The second kappa shape index (κ2) is 5.55. The fourth-order valence-electron chi connectivity index (χ4n) is 2.71. The van der Waals surface area contributed by atoms with Gasteiger partial charge in [-0.2, -0.15) is 0 Å². The molecule has 104 valence electrons. The zero-order chi connectivity index (χ0) is 14.0. The van der Waals surface area contributed by atoms with Crippen molar-refractivity contribution < 1.29 is 0 Å². The van der Waals surface area contributed by atoms with Crippen LogP contribution in [0.2, 0.25) is 0 Å². The van der Waals surface area contributed by atoms with Crippen molar-refractivity contribution >= 4 is 17.2 Å². The van der Waals surface area contributed by atoms with E-state index in [9.17, 15) is 0 Å². The molecule has 1 unspecified atom stereocenters. The van der Waals surface area contributed by atoms with Gasteiger partial charge in [-0.1, -0.05) is 39.1 Å². The van der Waals surface area contributed by atoms with E-state index in [2.05, 4.69) is 36.7 Å². The largest absolute Gasteiger partial charge is 0.388 e. The summed E-state index contributed by atoms with van der Waals surface area (Å²) in [5, 5.41) is 0. The van der Waals surface area contributed by atoms with Crippen molar-refractivity contribution in [2.45, 2.75) is 33.7 Å². The van der Waals surface area contributed by atoms with Gasteiger partial charge >= 0.3 is 0 Å². The fraction of sp³-hybridized carbons (Fsp3) is 0.600. The standard InChI is InChI=1S/C15H23N3S/c1-15(2,3)12-6-8-18(10-12)9-11-5-4-7-17-13(11)14(16)19/h4-5,7,12H,6,8-10H2,1-3H3,(H2,16,19). The van der Waals surface area contributed by atoms with Crippen molar-refractivity contribution in [2.24, 2.45) is 17.1 Å². The van der Waals surface area contributed by atoms with E-state index in [0.29, 0.717) is 10.4 Å². The van der Waals surface area contributed by atoms with E-state index in [0.717, 1.165) is 36.8 Å². The zero-order valence-electron chi connectivity index (χ0n) is 12.0. The summed E-state index contributed by atoms with van der Waals surface area (Å²) < 4.78 is 0. The highest BCUT2D eigenvalue weighted by molar-refractivity contribution is 7.80. The van der Waals surface area contributed by atoms with Crippen LogP contribution in [0.25, 0.3) is 0 Å². The Labute approximate surface area is 121 Å². The quantitative estimate of drug-likeness (QED) is 0.862. The van der Waals surface area contributed by atoms with Crippen LogP contribution in [-0.4, -0.2) is 28.0 Å². The smallest absolute Gasteiger partial charge is 0.123 e. The Kier molecular flexibility index (Phi) is 4.21. The van der Waals surface area contributed by atoms with E-state index in [-0.39, 0.29) is 0 Å². The van der Waals surface area contributed by atoms with Gasteiger partial charge < -0.3 is 5.73 Å². The second-order valence-electron chi connectivity index (χ2n) is 6.46. The van der Waals surface area contributed by atoms with Crippen molar-refractivity contribution in [3.8, 4) is 0 Å². The normalized spacial score (nSPS) is 20.7. The van der Waals surface area contributed by atoms with Crippen LogP contribution < -0.4 is 5.73 Å². The second-order valence-corrected chi connectivity index (χ2v) is 6.90. The predicted molar refractivity (Wildman–Crippen MR) is 83.0 cm³/mol. The van der Waals surface area contributed by atoms with Crippen LogP contribution >= 0.6 is 12.2 Å². The number of hydrogen-bond donors (Lipinski definition) is 1. The van der Waals surface area contributed by atoms with Crippen molar-refractivity contribution in [1.82, 2.24) is 9.88 Å². The first-order chi connectivity index (χ1) is 8.88. The molecule has 1 aliphatic heterocycles. The Bertz CT molecular complexity index is 465. The predicted octanol–water partition coefficient (Wildman–Crippen LogP) is 2.58. The van der Waals surface area contributed by atoms with Gasteiger partial charge in [0.05, 0.1) is 0 Å². The van der Waals surface area contributed by atoms with E-state index in [1.807, 2.05) is 6.07 Å². The molecule has 1 saturated heterocycles. The topological polar surface area (TPSA) is 42.2 Å². The average molecular weight is 277 g/mol. The SMILES string of the molecule is CC(C)(C)C1CCN(Cc2cccnc2C(N)=S)C1. The Hall–Kier alpha value is -1.00. The number of nitrogens with two attached hydrogens (primary N) is 1. The molecular formula is C15H23N3S. The molecule has 3 nitrogen and oxygen atoms in total. The minimum absolute atomic E-state index is 0.385. The van der Waals surface area contributed by atoms with E-state index < -0.39 is 0 Å². The molecule has 1 aliphatic rings. The van der Waals surface area contributed by atoms with E-state index >= 15 is 0 Å². The minimum atomic E-state index is 0.385. The zero-order valence-corrected chi connectivity index (χ0v) is 12.8. The summed E-state index contributed by atoms with van der Waals surface area (Å²) in [7, 11) is 0. The molecule has 2 heterocycles. The third kappa shape index (κ3) is 3.51. The Morgan fingerprint density at radius 3 is 2.84 bits per heavy atom. The lowest BCUT2D eigenvalue weighted by Gasteiger charge is -2.27. The number of thiocarbonyl (C=S) groups is 1. The third-order valence-corrected chi connectivity index (χ3v) is 4.21. The van der Waals surface area contributed by atoms with Crippen LogP contribution in [0.3, 0.4) is 0 Å². The third-order valence-electron chi connectivity index (χ3n) is 4.02. The van der Waals surface area contributed by atoms with Crippen LogP contribution in [0.15, 0.2) is 18.3 Å². The minimum Gasteiger partial charge on any atom is -0.388 e. The van der Waals surface area contributed by atoms with Gasteiger partial charge in [-0.15, -0.1) is 0 Å². The first kappa shape index (κ1) is 14.4. The molecule has 0 spiro atoms. The molecular weight excluding hydrogens is 254 g/mol. The Morgan fingerprint density at radius 2 is 2.26 bits per heavy atom. The number of likely N-dealkylation sites (tertiary alicyclic amines) is 1. The van der Waals surface area contributed by atoms with Gasteiger partial charge in [-0.25, -0.2) is 0 Å². The van der Waals surface area contributed by atoms with Crippen molar-refractivity contribution in [1.29, 1.82) is 0 Å². The monoisotopic (exact) mass is 277 g/mol. The van der Waals surface area contributed by atoms with Gasteiger partial charge in [-0.05, 0) is 35.9 Å². The van der Waals surface area contributed by atoms with Gasteiger partial charge in [-0.3, -0.25) is 9.88 Å². The summed E-state index contributed by atoms with van der Waals surface area (Å²) in [6.45, 7) is 10.2. The Morgan fingerprint density at radius 1 is 1.53 bits per heavy atom. The molecule has 0 radical (unpaired) electrons. The number of aromatic nitrogens is 1. The highest BCUT2D eigenvalue weighted by Crippen LogP contribution is 2.34. The van der Waals surface area contributed by atoms with Crippen molar-refractivity contribution in [3.05, 3.63) is 29.6 Å². The highest BCUT2D eigenvalue weighted by atomic mass is 32.1.